The minimum Gasteiger partial charge on any atom is -0.362 e. The Morgan fingerprint density at radius 3 is 2.32 bits per heavy atom. The van der Waals surface area contributed by atoms with Gasteiger partial charge in [0.25, 0.3) is 0 Å². The summed E-state index contributed by atoms with van der Waals surface area (Å²) in [7, 11) is 0. The zero-order valence-electron chi connectivity index (χ0n) is 11.6. The molecule has 3 nitrogen and oxygen atoms in total. The number of rotatable bonds is 5. The molecular weight excluding hydrogens is 257 g/mol. The first-order valence-corrected chi connectivity index (χ1v) is 6.10. The summed E-state index contributed by atoms with van der Waals surface area (Å²) in [5.41, 5.74) is 1.98. The largest absolute Gasteiger partial charge is 0.401 e. The van der Waals surface area contributed by atoms with E-state index >= 15 is 0 Å². The highest BCUT2D eigenvalue weighted by molar-refractivity contribution is 5.98. The number of aromatic amines is 1. The number of carbonyl (C=O) groups excluding carboxylic acids is 1. The first-order valence-electron chi connectivity index (χ1n) is 6.10. The van der Waals surface area contributed by atoms with Gasteiger partial charge in [0, 0.05) is 23.0 Å². The Morgan fingerprint density at radius 1 is 1.37 bits per heavy atom. The molecule has 0 radical (unpaired) electrons. The van der Waals surface area contributed by atoms with Crippen LogP contribution in [0, 0.1) is 13.8 Å². The third kappa shape index (κ3) is 4.70. The summed E-state index contributed by atoms with van der Waals surface area (Å²) in [4.78, 5) is 16.2. The van der Waals surface area contributed by atoms with Gasteiger partial charge in [0.15, 0.2) is 5.78 Å². The second-order valence-corrected chi connectivity index (χ2v) is 5.03. The van der Waals surface area contributed by atoms with Crippen molar-refractivity contribution in [3.8, 4) is 0 Å². The van der Waals surface area contributed by atoms with Gasteiger partial charge in [-0.3, -0.25) is 9.69 Å². The van der Waals surface area contributed by atoms with Crippen molar-refractivity contribution < 1.29 is 18.0 Å². The molecule has 0 spiro atoms. The van der Waals surface area contributed by atoms with Crippen molar-refractivity contribution in [1.82, 2.24) is 9.88 Å². The van der Waals surface area contributed by atoms with Crippen LogP contribution in [0.1, 0.15) is 35.6 Å². The average Bonchev–Trinajstić information content (AvgIpc) is 2.54. The number of nitrogens with zero attached hydrogens (tertiary/aromatic N) is 1. The lowest BCUT2D eigenvalue weighted by Gasteiger charge is -2.26. The highest BCUT2D eigenvalue weighted by Crippen LogP contribution is 2.19. The Morgan fingerprint density at radius 2 is 1.95 bits per heavy atom. The van der Waals surface area contributed by atoms with Crippen LogP contribution in [-0.2, 0) is 0 Å². The molecule has 1 aromatic rings. The van der Waals surface area contributed by atoms with Crippen molar-refractivity contribution in [3.63, 3.8) is 0 Å². The zero-order chi connectivity index (χ0) is 14.8. The summed E-state index contributed by atoms with van der Waals surface area (Å²) < 4.78 is 37.3. The fourth-order valence-corrected chi connectivity index (χ4v) is 1.93. The van der Waals surface area contributed by atoms with E-state index in [9.17, 15) is 18.0 Å². The van der Waals surface area contributed by atoms with Crippen LogP contribution in [0.2, 0.25) is 0 Å². The summed E-state index contributed by atoms with van der Waals surface area (Å²) >= 11 is 0. The molecule has 0 fully saturated rings. The summed E-state index contributed by atoms with van der Waals surface area (Å²) in [6.45, 7) is 5.54. The molecule has 0 saturated heterocycles. The van der Waals surface area contributed by atoms with E-state index in [4.69, 9.17) is 0 Å². The van der Waals surface area contributed by atoms with Gasteiger partial charge in [-0.2, -0.15) is 13.2 Å². The van der Waals surface area contributed by atoms with Gasteiger partial charge in [-0.15, -0.1) is 0 Å². The van der Waals surface area contributed by atoms with Crippen LogP contribution in [0.3, 0.4) is 0 Å². The van der Waals surface area contributed by atoms with E-state index in [0.717, 1.165) is 10.6 Å². The Bertz CT molecular complexity index is 449. The lowest BCUT2D eigenvalue weighted by atomic mass is 10.1. The molecule has 19 heavy (non-hydrogen) atoms. The quantitative estimate of drug-likeness (QED) is 0.839. The SMILES string of the molecule is Cc1cc(C(=O)CN(CC(F)(F)F)C(C)C)c(C)[nH]1. The number of alkyl halides is 3. The maximum atomic E-state index is 12.4. The van der Waals surface area contributed by atoms with E-state index in [2.05, 4.69) is 4.98 Å². The van der Waals surface area contributed by atoms with Gasteiger partial charge in [0.2, 0.25) is 0 Å². The summed E-state index contributed by atoms with van der Waals surface area (Å²) in [6.07, 6.45) is -4.30. The molecule has 0 unspecified atom stereocenters. The van der Waals surface area contributed by atoms with Crippen molar-refractivity contribution in [1.29, 1.82) is 0 Å². The van der Waals surface area contributed by atoms with E-state index in [1.807, 2.05) is 0 Å². The summed E-state index contributed by atoms with van der Waals surface area (Å²) in [6, 6.07) is 1.33. The van der Waals surface area contributed by atoms with Gasteiger partial charge in [0.1, 0.15) is 0 Å². The van der Waals surface area contributed by atoms with Crippen LogP contribution in [0.25, 0.3) is 0 Å². The molecule has 0 amide bonds. The topological polar surface area (TPSA) is 36.1 Å². The predicted molar refractivity (Wildman–Crippen MR) is 67.4 cm³/mol. The fraction of sp³-hybridized carbons (Fsp3) is 0.615. The second-order valence-electron chi connectivity index (χ2n) is 5.03. The van der Waals surface area contributed by atoms with E-state index < -0.39 is 12.7 Å². The molecule has 0 aromatic carbocycles. The van der Waals surface area contributed by atoms with Crippen LogP contribution < -0.4 is 0 Å². The molecule has 0 atom stereocenters. The molecule has 0 aliphatic heterocycles. The van der Waals surface area contributed by atoms with Crippen LogP contribution in [0.4, 0.5) is 13.2 Å². The highest BCUT2D eigenvalue weighted by atomic mass is 19.4. The van der Waals surface area contributed by atoms with Crippen molar-refractivity contribution in [2.75, 3.05) is 13.1 Å². The number of aromatic nitrogens is 1. The van der Waals surface area contributed by atoms with E-state index in [1.54, 1.807) is 33.8 Å². The monoisotopic (exact) mass is 276 g/mol. The molecule has 1 N–H and O–H groups in total. The number of ketones is 1. The lowest BCUT2D eigenvalue weighted by molar-refractivity contribution is -0.148. The van der Waals surface area contributed by atoms with Crippen molar-refractivity contribution >= 4 is 5.78 Å². The van der Waals surface area contributed by atoms with Crippen molar-refractivity contribution in [2.24, 2.45) is 0 Å². The van der Waals surface area contributed by atoms with Crippen LogP contribution in [0.5, 0.6) is 0 Å². The molecule has 1 heterocycles. The van der Waals surface area contributed by atoms with E-state index in [1.165, 1.54) is 0 Å². The summed E-state index contributed by atoms with van der Waals surface area (Å²) in [5.74, 6) is -0.292. The van der Waals surface area contributed by atoms with Crippen molar-refractivity contribution in [2.45, 2.75) is 39.9 Å². The van der Waals surface area contributed by atoms with Crippen molar-refractivity contribution in [3.05, 3.63) is 23.0 Å². The normalized spacial score (nSPS) is 12.5. The minimum absolute atomic E-state index is 0.227. The van der Waals surface area contributed by atoms with Gasteiger partial charge >= 0.3 is 6.18 Å². The molecule has 0 aliphatic rings. The van der Waals surface area contributed by atoms with Gasteiger partial charge in [-0.05, 0) is 33.8 Å². The van der Waals surface area contributed by atoms with Crippen LogP contribution in [-0.4, -0.2) is 41.0 Å². The third-order valence-corrected chi connectivity index (χ3v) is 2.91. The number of hydrogen-bond donors (Lipinski definition) is 1. The maximum Gasteiger partial charge on any atom is 0.401 e. The van der Waals surface area contributed by atoms with Crippen LogP contribution in [0.15, 0.2) is 6.07 Å². The molecular formula is C13H19F3N2O. The number of H-pyrrole nitrogens is 1. The number of carbonyl (C=O) groups is 1. The zero-order valence-corrected chi connectivity index (χ0v) is 11.6. The number of Topliss-reactive ketones (excluding diaryl/α,β-unsaturated/α-hetero) is 1. The van der Waals surface area contributed by atoms with Gasteiger partial charge in [0.05, 0.1) is 13.1 Å². The molecule has 0 aliphatic carbocycles. The van der Waals surface area contributed by atoms with E-state index in [-0.39, 0.29) is 18.4 Å². The number of nitrogens with one attached hydrogen (secondary N) is 1. The van der Waals surface area contributed by atoms with Gasteiger partial charge in [-0.1, -0.05) is 0 Å². The number of halogens is 3. The Balaban J connectivity index is 2.80. The molecule has 0 bridgehead atoms. The first kappa shape index (κ1) is 15.8. The Hall–Kier alpha value is -1.30. The molecule has 6 heteroatoms. The fourth-order valence-electron chi connectivity index (χ4n) is 1.93. The van der Waals surface area contributed by atoms with Gasteiger partial charge in [-0.25, -0.2) is 0 Å². The third-order valence-electron chi connectivity index (χ3n) is 2.91. The highest BCUT2D eigenvalue weighted by Gasteiger charge is 2.32. The van der Waals surface area contributed by atoms with E-state index in [0.29, 0.717) is 11.3 Å². The lowest BCUT2D eigenvalue weighted by Crippen LogP contribution is -2.42. The first-order chi connectivity index (χ1) is 8.60. The Labute approximate surface area is 110 Å². The molecule has 0 saturated carbocycles. The molecule has 1 aromatic heterocycles. The average molecular weight is 276 g/mol. The predicted octanol–water partition coefficient (Wildman–Crippen LogP) is 3.09. The molecule has 108 valence electrons. The minimum atomic E-state index is -4.30. The van der Waals surface area contributed by atoms with Gasteiger partial charge < -0.3 is 4.98 Å². The standard InChI is InChI=1S/C13H19F3N2O/c1-8(2)18(7-13(14,15)16)6-12(19)11-5-9(3)17-10(11)4/h5,8,17H,6-7H2,1-4H3. The smallest absolute Gasteiger partial charge is 0.362 e. The number of aryl methyl sites for hydroxylation is 2. The maximum absolute atomic E-state index is 12.4. The second kappa shape index (κ2) is 5.77. The number of hydrogen-bond acceptors (Lipinski definition) is 2. The van der Waals surface area contributed by atoms with Crippen LogP contribution >= 0.6 is 0 Å². The Kier molecular flexibility index (Phi) is 4.79. The molecule has 1 rings (SSSR count). The summed E-state index contributed by atoms with van der Waals surface area (Å²) in [5, 5.41) is 0.